The maximum Gasteiger partial charge on any atom is 0.123 e. The molecule has 0 bridgehead atoms. The van der Waals surface area contributed by atoms with Crippen molar-refractivity contribution in [3.63, 3.8) is 0 Å². The van der Waals surface area contributed by atoms with Crippen molar-refractivity contribution in [3.8, 4) is 5.75 Å². The fourth-order valence-electron chi connectivity index (χ4n) is 1.73. The molecule has 1 aromatic carbocycles. The topological polar surface area (TPSA) is 32.7 Å². The van der Waals surface area contributed by atoms with E-state index in [-0.39, 0.29) is 6.61 Å². The number of nitrogens with zero attached hydrogens (tertiary/aromatic N) is 1. The molecule has 0 aliphatic carbocycles. The fraction of sp³-hybridized carbons (Fsp3) is 0.538. The molecule has 0 aliphatic rings. The van der Waals surface area contributed by atoms with Crippen molar-refractivity contribution >= 4 is 0 Å². The summed E-state index contributed by atoms with van der Waals surface area (Å²) in [4.78, 5) is 2.12. The van der Waals surface area contributed by atoms with E-state index in [9.17, 15) is 0 Å². The minimum absolute atomic E-state index is 0.245. The van der Waals surface area contributed by atoms with Crippen LogP contribution < -0.4 is 4.74 Å². The van der Waals surface area contributed by atoms with Crippen LogP contribution in [-0.4, -0.2) is 37.8 Å². The van der Waals surface area contributed by atoms with E-state index in [1.807, 2.05) is 20.2 Å². The zero-order valence-electron chi connectivity index (χ0n) is 10.4. The highest BCUT2D eigenvalue weighted by atomic mass is 16.5. The average molecular weight is 223 g/mol. The normalized spacial score (nSPS) is 10.8. The van der Waals surface area contributed by atoms with Gasteiger partial charge in [-0.05, 0) is 38.6 Å². The molecule has 3 heteroatoms. The molecule has 0 unspecified atom stereocenters. The number of methoxy groups -OCH3 is 1. The van der Waals surface area contributed by atoms with Crippen LogP contribution in [0.5, 0.6) is 5.75 Å². The van der Waals surface area contributed by atoms with Crippen LogP contribution in [-0.2, 0) is 13.0 Å². The van der Waals surface area contributed by atoms with Crippen molar-refractivity contribution in [3.05, 3.63) is 29.3 Å². The van der Waals surface area contributed by atoms with Gasteiger partial charge in [0.15, 0.2) is 0 Å². The first-order valence-corrected chi connectivity index (χ1v) is 5.58. The Kier molecular flexibility index (Phi) is 5.29. The first-order valence-electron chi connectivity index (χ1n) is 5.58. The van der Waals surface area contributed by atoms with Gasteiger partial charge in [0.05, 0.1) is 7.11 Å². The Morgan fingerprint density at radius 3 is 2.62 bits per heavy atom. The minimum atomic E-state index is 0.245. The summed E-state index contributed by atoms with van der Waals surface area (Å²) >= 11 is 0. The molecule has 0 atom stereocenters. The third-order valence-electron chi connectivity index (χ3n) is 2.45. The van der Waals surface area contributed by atoms with Gasteiger partial charge in [-0.15, -0.1) is 0 Å². The maximum absolute atomic E-state index is 8.81. The standard InChI is InChI=1S/C13H21NO2/c1-14(2)10-12-9-11(5-4-8-15)6-7-13(12)16-3/h6-7,9,15H,4-5,8,10H2,1-3H3. The second-order valence-electron chi connectivity index (χ2n) is 4.21. The predicted octanol–water partition coefficient (Wildman–Crippen LogP) is 1.68. The fourth-order valence-corrected chi connectivity index (χ4v) is 1.73. The lowest BCUT2D eigenvalue weighted by molar-refractivity contribution is 0.288. The van der Waals surface area contributed by atoms with E-state index in [0.717, 1.165) is 25.1 Å². The lowest BCUT2D eigenvalue weighted by atomic mass is 10.1. The third-order valence-corrected chi connectivity index (χ3v) is 2.45. The molecule has 0 saturated carbocycles. The molecule has 0 spiro atoms. The molecule has 90 valence electrons. The van der Waals surface area contributed by atoms with Crippen LogP contribution in [0, 0.1) is 0 Å². The monoisotopic (exact) mass is 223 g/mol. The molecular weight excluding hydrogens is 202 g/mol. The molecule has 3 nitrogen and oxygen atoms in total. The van der Waals surface area contributed by atoms with Crippen LogP contribution in [0.25, 0.3) is 0 Å². The zero-order chi connectivity index (χ0) is 12.0. The lowest BCUT2D eigenvalue weighted by Crippen LogP contribution is -2.11. The Morgan fingerprint density at radius 2 is 2.06 bits per heavy atom. The number of hydrogen-bond donors (Lipinski definition) is 1. The second kappa shape index (κ2) is 6.51. The molecule has 0 heterocycles. The van der Waals surface area contributed by atoms with E-state index in [1.165, 1.54) is 11.1 Å². The van der Waals surface area contributed by atoms with Gasteiger partial charge in [-0.1, -0.05) is 12.1 Å². The highest BCUT2D eigenvalue weighted by Crippen LogP contribution is 2.21. The quantitative estimate of drug-likeness (QED) is 0.796. The van der Waals surface area contributed by atoms with Crippen molar-refractivity contribution in [2.75, 3.05) is 27.8 Å². The average Bonchev–Trinajstić information content (AvgIpc) is 2.26. The van der Waals surface area contributed by atoms with Crippen molar-refractivity contribution in [2.45, 2.75) is 19.4 Å². The Hall–Kier alpha value is -1.06. The Bertz CT molecular complexity index is 324. The number of aliphatic hydroxyl groups is 1. The maximum atomic E-state index is 8.81. The molecule has 1 rings (SSSR count). The van der Waals surface area contributed by atoms with E-state index in [1.54, 1.807) is 7.11 Å². The van der Waals surface area contributed by atoms with Gasteiger partial charge < -0.3 is 14.7 Å². The molecule has 16 heavy (non-hydrogen) atoms. The van der Waals surface area contributed by atoms with Gasteiger partial charge in [0.2, 0.25) is 0 Å². The summed E-state index contributed by atoms with van der Waals surface area (Å²) < 4.78 is 5.33. The van der Waals surface area contributed by atoms with Crippen LogP contribution in [0.4, 0.5) is 0 Å². The van der Waals surface area contributed by atoms with Crippen LogP contribution in [0.3, 0.4) is 0 Å². The van der Waals surface area contributed by atoms with Gasteiger partial charge in [-0.25, -0.2) is 0 Å². The number of benzene rings is 1. The lowest BCUT2D eigenvalue weighted by Gasteiger charge is -2.14. The van der Waals surface area contributed by atoms with Gasteiger partial charge in [0.1, 0.15) is 5.75 Å². The summed E-state index contributed by atoms with van der Waals surface area (Å²) in [5, 5.41) is 8.81. The summed E-state index contributed by atoms with van der Waals surface area (Å²) in [5.41, 5.74) is 2.45. The Balaban J connectivity index is 2.83. The van der Waals surface area contributed by atoms with Crippen LogP contribution in [0.2, 0.25) is 0 Å². The van der Waals surface area contributed by atoms with Crippen LogP contribution in [0.15, 0.2) is 18.2 Å². The van der Waals surface area contributed by atoms with Crippen molar-refractivity contribution in [1.29, 1.82) is 0 Å². The number of hydrogen-bond acceptors (Lipinski definition) is 3. The van der Waals surface area contributed by atoms with E-state index in [4.69, 9.17) is 9.84 Å². The third kappa shape index (κ3) is 3.83. The highest BCUT2D eigenvalue weighted by Gasteiger charge is 2.05. The Morgan fingerprint density at radius 1 is 1.31 bits per heavy atom. The molecule has 1 N–H and O–H groups in total. The van der Waals surface area contributed by atoms with E-state index in [0.29, 0.717) is 0 Å². The molecule has 0 amide bonds. The van der Waals surface area contributed by atoms with Crippen molar-refractivity contribution in [2.24, 2.45) is 0 Å². The van der Waals surface area contributed by atoms with Gasteiger partial charge in [0.25, 0.3) is 0 Å². The summed E-state index contributed by atoms with van der Waals surface area (Å²) in [6, 6.07) is 6.23. The predicted molar refractivity (Wildman–Crippen MR) is 65.8 cm³/mol. The highest BCUT2D eigenvalue weighted by molar-refractivity contribution is 5.37. The van der Waals surface area contributed by atoms with E-state index >= 15 is 0 Å². The van der Waals surface area contributed by atoms with Gasteiger partial charge in [-0.2, -0.15) is 0 Å². The first-order chi connectivity index (χ1) is 7.67. The van der Waals surface area contributed by atoms with E-state index < -0.39 is 0 Å². The summed E-state index contributed by atoms with van der Waals surface area (Å²) in [6.07, 6.45) is 1.73. The number of rotatable bonds is 6. The van der Waals surface area contributed by atoms with Crippen molar-refractivity contribution in [1.82, 2.24) is 4.90 Å². The summed E-state index contributed by atoms with van der Waals surface area (Å²) in [6.45, 7) is 1.12. The van der Waals surface area contributed by atoms with E-state index in [2.05, 4.69) is 17.0 Å². The van der Waals surface area contributed by atoms with Crippen molar-refractivity contribution < 1.29 is 9.84 Å². The molecular formula is C13H21NO2. The number of aliphatic hydroxyl groups excluding tert-OH is 1. The zero-order valence-corrected chi connectivity index (χ0v) is 10.4. The first kappa shape index (κ1) is 13.0. The summed E-state index contributed by atoms with van der Waals surface area (Å²) in [5.74, 6) is 0.932. The second-order valence-corrected chi connectivity index (χ2v) is 4.21. The molecule has 0 saturated heterocycles. The van der Waals surface area contributed by atoms with Crippen LogP contribution >= 0.6 is 0 Å². The Labute approximate surface area is 97.7 Å². The molecule has 1 aromatic rings. The molecule has 0 aromatic heterocycles. The molecule has 0 radical (unpaired) electrons. The van der Waals surface area contributed by atoms with Crippen LogP contribution in [0.1, 0.15) is 17.5 Å². The number of aryl methyl sites for hydroxylation is 1. The van der Waals surface area contributed by atoms with Gasteiger partial charge in [0, 0.05) is 18.7 Å². The number of ether oxygens (including phenoxy) is 1. The smallest absolute Gasteiger partial charge is 0.123 e. The summed E-state index contributed by atoms with van der Waals surface area (Å²) in [7, 11) is 5.78. The SMILES string of the molecule is COc1ccc(CCCO)cc1CN(C)C. The molecule has 0 aliphatic heterocycles. The largest absolute Gasteiger partial charge is 0.496 e. The van der Waals surface area contributed by atoms with Gasteiger partial charge in [-0.3, -0.25) is 0 Å². The minimum Gasteiger partial charge on any atom is -0.496 e. The molecule has 0 fully saturated rings. The van der Waals surface area contributed by atoms with Gasteiger partial charge >= 0.3 is 0 Å².